The van der Waals surface area contributed by atoms with Crippen molar-refractivity contribution in [2.45, 2.75) is 39.4 Å². The molecule has 0 aliphatic carbocycles. The van der Waals surface area contributed by atoms with Gasteiger partial charge in [0.05, 0.1) is 18.4 Å². The number of hydrogen-bond donors (Lipinski definition) is 2. The van der Waals surface area contributed by atoms with Gasteiger partial charge in [-0.2, -0.15) is 0 Å². The van der Waals surface area contributed by atoms with Gasteiger partial charge in [0, 0.05) is 11.8 Å². The molecule has 1 aromatic carbocycles. The van der Waals surface area contributed by atoms with Crippen molar-refractivity contribution in [1.82, 2.24) is 0 Å². The van der Waals surface area contributed by atoms with Gasteiger partial charge in [0.2, 0.25) is 0 Å². The lowest BCUT2D eigenvalue weighted by Crippen LogP contribution is -2.34. The average Bonchev–Trinajstić information content (AvgIpc) is 2.29. The molecule has 1 atom stereocenters. The first-order chi connectivity index (χ1) is 8.73. The minimum atomic E-state index is -0.553. The van der Waals surface area contributed by atoms with Crippen LogP contribution in [0.25, 0.3) is 0 Å². The summed E-state index contributed by atoms with van der Waals surface area (Å²) in [4.78, 5) is 12.0. The third kappa shape index (κ3) is 4.79. The van der Waals surface area contributed by atoms with Gasteiger partial charge >= 0.3 is 0 Å². The van der Waals surface area contributed by atoms with Crippen LogP contribution < -0.4 is 15.8 Å². The van der Waals surface area contributed by atoms with Crippen molar-refractivity contribution in [3.05, 3.63) is 18.2 Å². The lowest BCUT2D eigenvalue weighted by Gasteiger charge is -2.24. The minimum Gasteiger partial charge on any atom is -0.494 e. The number of methoxy groups -OCH3 is 1. The van der Waals surface area contributed by atoms with Crippen molar-refractivity contribution in [3.63, 3.8) is 0 Å². The van der Waals surface area contributed by atoms with E-state index in [-0.39, 0.29) is 11.5 Å². The Morgan fingerprint density at radius 1 is 1.37 bits per heavy atom. The zero-order chi connectivity index (χ0) is 14.6. The molecule has 1 aromatic rings. The highest BCUT2D eigenvalue weighted by Crippen LogP contribution is 2.27. The number of amides is 1. The van der Waals surface area contributed by atoms with Crippen molar-refractivity contribution in [1.29, 1.82) is 0 Å². The fraction of sp³-hybridized carbons (Fsp3) is 0.500. The number of nitrogen functional groups attached to an aromatic ring is 1. The Bertz CT molecular complexity index is 452. The van der Waals surface area contributed by atoms with Gasteiger partial charge in [-0.1, -0.05) is 0 Å². The van der Waals surface area contributed by atoms with Crippen LogP contribution in [0.4, 0.5) is 11.4 Å². The van der Waals surface area contributed by atoms with Crippen LogP contribution in [0.2, 0.25) is 0 Å². The standard InChI is InChI=1S/C14H22N2O3/c1-9(19-14(2,3)4)13(17)16-11-7-6-10(15)8-12(11)18-5/h6-9H,15H2,1-5H3,(H,16,17). The molecule has 106 valence electrons. The summed E-state index contributed by atoms with van der Waals surface area (Å²) in [5.74, 6) is 0.300. The first kappa shape index (κ1) is 15.3. The number of anilines is 2. The second kappa shape index (κ2) is 5.93. The molecule has 0 aliphatic rings. The molecular weight excluding hydrogens is 244 g/mol. The van der Waals surface area contributed by atoms with Gasteiger partial charge in [-0.15, -0.1) is 0 Å². The first-order valence-corrected chi connectivity index (χ1v) is 6.15. The van der Waals surface area contributed by atoms with E-state index in [1.54, 1.807) is 25.1 Å². The van der Waals surface area contributed by atoms with E-state index in [0.717, 1.165) is 0 Å². The number of carbonyl (C=O) groups is 1. The lowest BCUT2D eigenvalue weighted by molar-refractivity contribution is -0.135. The van der Waals surface area contributed by atoms with Gasteiger partial charge in [0.1, 0.15) is 11.9 Å². The van der Waals surface area contributed by atoms with Crippen molar-refractivity contribution < 1.29 is 14.3 Å². The summed E-state index contributed by atoms with van der Waals surface area (Å²) < 4.78 is 10.8. The maximum absolute atomic E-state index is 12.0. The SMILES string of the molecule is COc1cc(N)ccc1NC(=O)C(C)OC(C)(C)C. The summed E-state index contributed by atoms with van der Waals surface area (Å²) >= 11 is 0. The Morgan fingerprint density at radius 2 is 2.00 bits per heavy atom. The fourth-order valence-electron chi connectivity index (χ4n) is 1.63. The summed E-state index contributed by atoms with van der Waals surface area (Å²) in [6.45, 7) is 7.42. The Hall–Kier alpha value is -1.75. The largest absolute Gasteiger partial charge is 0.494 e. The van der Waals surface area contributed by atoms with Crippen molar-refractivity contribution >= 4 is 17.3 Å². The Kier molecular flexibility index (Phi) is 4.78. The van der Waals surface area contributed by atoms with E-state index >= 15 is 0 Å². The molecule has 0 aliphatic heterocycles. The van der Waals surface area contributed by atoms with Gasteiger partial charge in [0.15, 0.2) is 0 Å². The molecule has 0 bridgehead atoms. The first-order valence-electron chi connectivity index (χ1n) is 6.15. The van der Waals surface area contributed by atoms with E-state index in [2.05, 4.69) is 5.32 Å². The van der Waals surface area contributed by atoms with Gasteiger partial charge in [-0.25, -0.2) is 0 Å². The average molecular weight is 266 g/mol. The van der Waals surface area contributed by atoms with Crippen molar-refractivity contribution in [2.75, 3.05) is 18.2 Å². The number of ether oxygens (including phenoxy) is 2. The van der Waals surface area contributed by atoms with Crippen LogP contribution in [-0.4, -0.2) is 24.7 Å². The number of nitrogens with one attached hydrogen (secondary N) is 1. The second-order valence-corrected chi connectivity index (χ2v) is 5.32. The van der Waals surface area contributed by atoms with Crippen LogP contribution >= 0.6 is 0 Å². The zero-order valence-corrected chi connectivity index (χ0v) is 12.1. The third-order valence-corrected chi connectivity index (χ3v) is 2.38. The topological polar surface area (TPSA) is 73.6 Å². The van der Waals surface area contributed by atoms with Crippen LogP contribution in [0, 0.1) is 0 Å². The predicted octanol–water partition coefficient (Wildman–Crippen LogP) is 2.42. The van der Waals surface area contributed by atoms with Gasteiger partial charge in [-0.05, 0) is 39.8 Å². The summed E-state index contributed by atoms with van der Waals surface area (Å²) in [7, 11) is 1.53. The number of nitrogens with two attached hydrogens (primary N) is 1. The second-order valence-electron chi connectivity index (χ2n) is 5.32. The van der Waals surface area contributed by atoms with Crippen LogP contribution in [0.3, 0.4) is 0 Å². The molecule has 0 aromatic heterocycles. The molecule has 0 radical (unpaired) electrons. The highest BCUT2D eigenvalue weighted by Gasteiger charge is 2.21. The molecule has 0 spiro atoms. The van der Waals surface area contributed by atoms with Gasteiger partial charge < -0.3 is 20.5 Å². The Balaban J connectivity index is 2.77. The maximum Gasteiger partial charge on any atom is 0.253 e. The minimum absolute atomic E-state index is 0.224. The molecule has 1 amide bonds. The highest BCUT2D eigenvalue weighted by atomic mass is 16.5. The van der Waals surface area contributed by atoms with E-state index in [1.165, 1.54) is 7.11 Å². The number of benzene rings is 1. The summed E-state index contributed by atoms with van der Waals surface area (Å²) in [6, 6.07) is 5.06. The summed E-state index contributed by atoms with van der Waals surface area (Å²) in [5, 5.41) is 2.77. The zero-order valence-electron chi connectivity index (χ0n) is 12.1. The van der Waals surface area contributed by atoms with Crippen LogP contribution in [-0.2, 0) is 9.53 Å². The number of hydrogen-bond acceptors (Lipinski definition) is 4. The number of rotatable bonds is 4. The van der Waals surface area contributed by atoms with Crippen molar-refractivity contribution in [2.24, 2.45) is 0 Å². The van der Waals surface area contributed by atoms with E-state index in [1.807, 2.05) is 20.8 Å². The predicted molar refractivity (Wildman–Crippen MR) is 76.3 cm³/mol. The van der Waals surface area contributed by atoms with Crippen LogP contribution in [0.5, 0.6) is 5.75 Å². The quantitative estimate of drug-likeness (QED) is 0.821. The normalized spacial score (nSPS) is 12.9. The van der Waals surface area contributed by atoms with E-state index in [9.17, 15) is 4.79 Å². The number of carbonyl (C=O) groups excluding carboxylic acids is 1. The third-order valence-electron chi connectivity index (χ3n) is 2.38. The van der Waals surface area contributed by atoms with E-state index in [0.29, 0.717) is 17.1 Å². The molecule has 19 heavy (non-hydrogen) atoms. The van der Waals surface area contributed by atoms with Crippen LogP contribution in [0.15, 0.2) is 18.2 Å². The summed E-state index contributed by atoms with van der Waals surface area (Å²) in [5.41, 5.74) is 6.44. The van der Waals surface area contributed by atoms with Crippen molar-refractivity contribution in [3.8, 4) is 5.75 Å². The fourth-order valence-corrected chi connectivity index (χ4v) is 1.63. The molecule has 0 fully saturated rings. The molecule has 1 rings (SSSR count). The van der Waals surface area contributed by atoms with Gasteiger partial charge in [0.25, 0.3) is 5.91 Å². The Labute approximate surface area is 114 Å². The molecule has 1 unspecified atom stereocenters. The van der Waals surface area contributed by atoms with Crippen LogP contribution in [0.1, 0.15) is 27.7 Å². The van der Waals surface area contributed by atoms with E-state index < -0.39 is 6.10 Å². The lowest BCUT2D eigenvalue weighted by atomic mass is 10.2. The summed E-state index contributed by atoms with van der Waals surface area (Å²) in [6.07, 6.45) is -0.553. The monoisotopic (exact) mass is 266 g/mol. The molecular formula is C14H22N2O3. The highest BCUT2D eigenvalue weighted by molar-refractivity contribution is 5.95. The molecule has 0 heterocycles. The molecule has 5 nitrogen and oxygen atoms in total. The molecule has 5 heteroatoms. The van der Waals surface area contributed by atoms with Gasteiger partial charge in [-0.3, -0.25) is 4.79 Å². The molecule has 0 saturated carbocycles. The molecule has 0 saturated heterocycles. The Morgan fingerprint density at radius 3 is 2.53 bits per heavy atom. The van der Waals surface area contributed by atoms with E-state index in [4.69, 9.17) is 15.2 Å². The molecule has 3 N–H and O–H groups in total. The maximum atomic E-state index is 12.0. The smallest absolute Gasteiger partial charge is 0.253 e.